The fraction of sp³-hybridized carbons (Fsp3) is 0.200. The van der Waals surface area contributed by atoms with Crippen molar-refractivity contribution in [2.75, 3.05) is 6.61 Å². The van der Waals surface area contributed by atoms with E-state index in [9.17, 15) is 9.59 Å². The van der Waals surface area contributed by atoms with Gasteiger partial charge in [0.25, 0.3) is 0 Å². The van der Waals surface area contributed by atoms with E-state index in [1.807, 2.05) is 6.92 Å². The molecule has 22 heavy (non-hydrogen) atoms. The van der Waals surface area contributed by atoms with Gasteiger partial charge in [-0.15, -0.1) is 16.4 Å². The second kappa shape index (κ2) is 6.07. The SMILES string of the molecule is CCn1nnc2cc(C(=O)OCC(=O)c3cccs3)ccc21. The molecule has 0 fully saturated rings. The van der Waals surface area contributed by atoms with Gasteiger partial charge in [0.1, 0.15) is 5.52 Å². The van der Waals surface area contributed by atoms with Crippen LogP contribution in [0.25, 0.3) is 11.0 Å². The highest BCUT2D eigenvalue weighted by atomic mass is 32.1. The van der Waals surface area contributed by atoms with Crippen LogP contribution in [0.15, 0.2) is 35.7 Å². The number of thiophene rings is 1. The maximum Gasteiger partial charge on any atom is 0.338 e. The van der Waals surface area contributed by atoms with E-state index in [-0.39, 0.29) is 12.4 Å². The Morgan fingerprint density at radius 1 is 1.32 bits per heavy atom. The number of hydrogen-bond acceptors (Lipinski definition) is 6. The van der Waals surface area contributed by atoms with Crippen LogP contribution in [0.2, 0.25) is 0 Å². The van der Waals surface area contributed by atoms with Crippen molar-refractivity contribution < 1.29 is 14.3 Å². The summed E-state index contributed by atoms with van der Waals surface area (Å²) < 4.78 is 6.80. The Morgan fingerprint density at radius 3 is 2.91 bits per heavy atom. The number of ether oxygens (including phenoxy) is 1. The van der Waals surface area contributed by atoms with E-state index >= 15 is 0 Å². The van der Waals surface area contributed by atoms with Crippen molar-refractivity contribution in [3.8, 4) is 0 Å². The highest BCUT2D eigenvalue weighted by molar-refractivity contribution is 7.12. The Balaban J connectivity index is 1.71. The lowest BCUT2D eigenvalue weighted by molar-refractivity contribution is 0.0476. The van der Waals surface area contributed by atoms with Gasteiger partial charge in [-0.25, -0.2) is 9.48 Å². The molecule has 1 aromatic carbocycles. The fourth-order valence-corrected chi connectivity index (χ4v) is 2.71. The number of hydrogen-bond donors (Lipinski definition) is 0. The number of benzene rings is 1. The highest BCUT2D eigenvalue weighted by Crippen LogP contribution is 2.15. The summed E-state index contributed by atoms with van der Waals surface area (Å²) in [6.07, 6.45) is 0. The van der Waals surface area contributed by atoms with Gasteiger partial charge in [-0.3, -0.25) is 4.79 Å². The van der Waals surface area contributed by atoms with Gasteiger partial charge in [0.2, 0.25) is 5.78 Å². The Morgan fingerprint density at radius 2 is 2.18 bits per heavy atom. The average Bonchev–Trinajstić information content (AvgIpc) is 3.20. The molecule has 0 bridgehead atoms. The van der Waals surface area contributed by atoms with Crippen LogP contribution >= 0.6 is 11.3 Å². The number of aromatic nitrogens is 3. The van der Waals surface area contributed by atoms with Crippen molar-refractivity contribution in [3.63, 3.8) is 0 Å². The summed E-state index contributed by atoms with van der Waals surface area (Å²) in [5.74, 6) is -0.751. The molecule has 0 radical (unpaired) electrons. The minimum absolute atomic E-state index is 0.207. The molecule has 0 saturated carbocycles. The number of esters is 1. The van der Waals surface area contributed by atoms with Crippen LogP contribution in [-0.2, 0) is 11.3 Å². The van der Waals surface area contributed by atoms with Crippen molar-refractivity contribution in [1.82, 2.24) is 15.0 Å². The number of Topliss-reactive ketones (excluding diaryl/α,β-unsaturated/α-hetero) is 1. The maximum absolute atomic E-state index is 12.0. The lowest BCUT2D eigenvalue weighted by atomic mass is 10.2. The van der Waals surface area contributed by atoms with Crippen molar-refractivity contribution in [3.05, 3.63) is 46.2 Å². The Bertz CT molecular complexity index is 824. The summed E-state index contributed by atoms with van der Waals surface area (Å²) in [7, 11) is 0. The van der Waals surface area contributed by atoms with Crippen LogP contribution in [0.5, 0.6) is 0 Å². The molecule has 6 nitrogen and oxygen atoms in total. The molecule has 2 aromatic heterocycles. The molecule has 2 heterocycles. The number of ketones is 1. The highest BCUT2D eigenvalue weighted by Gasteiger charge is 2.14. The van der Waals surface area contributed by atoms with Crippen molar-refractivity contribution >= 4 is 34.1 Å². The van der Waals surface area contributed by atoms with Crippen molar-refractivity contribution in [1.29, 1.82) is 0 Å². The first-order chi connectivity index (χ1) is 10.7. The van der Waals surface area contributed by atoms with Gasteiger partial charge < -0.3 is 4.74 Å². The van der Waals surface area contributed by atoms with Crippen LogP contribution in [0.1, 0.15) is 27.0 Å². The second-order valence-electron chi connectivity index (χ2n) is 4.59. The monoisotopic (exact) mass is 315 g/mol. The summed E-state index contributed by atoms with van der Waals surface area (Å²) in [6, 6.07) is 8.53. The van der Waals surface area contributed by atoms with Gasteiger partial charge in [-0.1, -0.05) is 11.3 Å². The second-order valence-corrected chi connectivity index (χ2v) is 5.53. The van der Waals surface area contributed by atoms with Crippen LogP contribution in [0.3, 0.4) is 0 Å². The first kappa shape index (κ1) is 14.4. The predicted octanol–water partition coefficient (Wildman–Crippen LogP) is 2.55. The minimum Gasteiger partial charge on any atom is -0.454 e. The first-order valence-corrected chi connectivity index (χ1v) is 7.64. The fourth-order valence-electron chi connectivity index (χ4n) is 2.06. The molecule has 0 atom stereocenters. The largest absolute Gasteiger partial charge is 0.454 e. The number of carbonyl (C=O) groups is 2. The number of nitrogens with zero attached hydrogens (tertiary/aromatic N) is 3. The number of fused-ring (bicyclic) bond motifs is 1. The predicted molar refractivity (Wildman–Crippen MR) is 82.1 cm³/mol. The molecular formula is C15H13N3O3S. The quantitative estimate of drug-likeness (QED) is 0.534. The van der Waals surface area contributed by atoms with E-state index < -0.39 is 5.97 Å². The lowest BCUT2D eigenvalue weighted by Crippen LogP contribution is -2.13. The molecule has 0 saturated heterocycles. The third-order valence-corrected chi connectivity index (χ3v) is 4.09. The standard InChI is InChI=1S/C15H13N3O3S/c1-2-18-12-6-5-10(8-11(12)16-17-18)15(20)21-9-13(19)14-4-3-7-22-14/h3-8H,2,9H2,1H3. The van der Waals surface area contributed by atoms with Gasteiger partial charge in [-0.05, 0) is 36.6 Å². The Hall–Kier alpha value is -2.54. The smallest absolute Gasteiger partial charge is 0.338 e. The molecule has 112 valence electrons. The Labute approximate surface area is 130 Å². The van der Waals surface area contributed by atoms with Gasteiger partial charge in [0, 0.05) is 6.54 Å². The number of rotatable bonds is 5. The zero-order chi connectivity index (χ0) is 15.5. The van der Waals surface area contributed by atoms with Crippen LogP contribution in [-0.4, -0.2) is 33.4 Å². The molecule has 0 aliphatic heterocycles. The van der Waals surface area contributed by atoms with E-state index in [0.29, 0.717) is 22.5 Å². The van der Waals surface area contributed by atoms with E-state index in [1.54, 1.807) is 40.4 Å². The zero-order valence-corrected chi connectivity index (χ0v) is 12.7. The molecule has 3 rings (SSSR count). The van der Waals surface area contributed by atoms with Gasteiger partial charge in [-0.2, -0.15) is 0 Å². The molecule has 3 aromatic rings. The summed E-state index contributed by atoms with van der Waals surface area (Å²) in [4.78, 5) is 24.4. The van der Waals surface area contributed by atoms with Gasteiger partial charge in [0.05, 0.1) is 16.0 Å². The molecule has 0 amide bonds. The average molecular weight is 315 g/mol. The molecular weight excluding hydrogens is 302 g/mol. The summed E-state index contributed by atoms with van der Waals surface area (Å²) >= 11 is 1.32. The third-order valence-electron chi connectivity index (χ3n) is 3.18. The molecule has 0 aliphatic rings. The van der Waals surface area contributed by atoms with Gasteiger partial charge in [0.15, 0.2) is 6.61 Å². The van der Waals surface area contributed by atoms with E-state index in [1.165, 1.54) is 11.3 Å². The summed E-state index contributed by atoms with van der Waals surface area (Å²) in [5, 5.41) is 9.80. The van der Waals surface area contributed by atoms with E-state index in [0.717, 1.165) is 5.52 Å². The maximum atomic E-state index is 12.0. The molecule has 0 unspecified atom stereocenters. The number of carbonyl (C=O) groups excluding carboxylic acids is 2. The van der Waals surface area contributed by atoms with Crippen LogP contribution < -0.4 is 0 Å². The minimum atomic E-state index is -0.544. The topological polar surface area (TPSA) is 74.1 Å². The van der Waals surface area contributed by atoms with E-state index in [4.69, 9.17) is 4.74 Å². The van der Waals surface area contributed by atoms with Crippen molar-refractivity contribution in [2.45, 2.75) is 13.5 Å². The number of aryl methyl sites for hydroxylation is 1. The van der Waals surface area contributed by atoms with E-state index in [2.05, 4.69) is 10.3 Å². The van der Waals surface area contributed by atoms with Crippen molar-refractivity contribution in [2.24, 2.45) is 0 Å². The van der Waals surface area contributed by atoms with Crippen LogP contribution in [0.4, 0.5) is 0 Å². The summed E-state index contributed by atoms with van der Waals surface area (Å²) in [6.45, 7) is 2.40. The summed E-state index contributed by atoms with van der Waals surface area (Å²) in [5.41, 5.74) is 1.84. The molecule has 0 spiro atoms. The molecule has 0 aliphatic carbocycles. The third kappa shape index (κ3) is 2.75. The van der Waals surface area contributed by atoms with Crippen LogP contribution in [0, 0.1) is 0 Å². The van der Waals surface area contributed by atoms with Gasteiger partial charge >= 0.3 is 5.97 Å². The molecule has 7 heteroatoms. The normalized spacial score (nSPS) is 10.8. The zero-order valence-electron chi connectivity index (χ0n) is 11.9. The lowest BCUT2D eigenvalue weighted by Gasteiger charge is -2.03. The first-order valence-electron chi connectivity index (χ1n) is 6.76. The molecule has 0 N–H and O–H groups in total. The Kier molecular flexibility index (Phi) is 3.97.